The summed E-state index contributed by atoms with van der Waals surface area (Å²) in [5, 5.41) is 8.62. The predicted molar refractivity (Wildman–Crippen MR) is 115 cm³/mol. The lowest BCUT2D eigenvalue weighted by molar-refractivity contribution is -0.120. The lowest BCUT2D eigenvalue weighted by atomic mass is 9.97. The molecular formula is C20H22ClN5O3S. The van der Waals surface area contributed by atoms with Crippen molar-refractivity contribution in [2.45, 2.75) is 24.7 Å². The van der Waals surface area contributed by atoms with E-state index in [0.717, 1.165) is 16.7 Å². The van der Waals surface area contributed by atoms with Crippen molar-refractivity contribution in [2.75, 3.05) is 18.4 Å². The number of pyridine rings is 1. The summed E-state index contributed by atoms with van der Waals surface area (Å²) in [7, 11) is -1.76. The maximum Gasteiger partial charge on any atom is 0.243 e. The molecule has 30 heavy (non-hydrogen) atoms. The van der Waals surface area contributed by atoms with Crippen molar-refractivity contribution in [3.8, 4) is 0 Å². The van der Waals surface area contributed by atoms with Crippen molar-refractivity contribution in [1.29, 1.82) is 0 Å². The van der Waals surface area contributed by atoms with E-state index in [1.165, 1.54) is 16.4 Å². The van der Waals surface area contributed by atoms with Crippen LogP contribution in [0, 0.1) is 12.8 Å². The Kier molecular flexibility index (Phi) is 5.52. The van der Waals surface area contributed by atoms with Gasteiger partial charge in [0.25, 0.3) is 0 Å². The van der Waals surface area contributed by atoms with Crippen molar-refractivity contribution >= 4 is 44.3 Å². The van der Waals surface area contributed by atoms with Crippen LogP contribution in [-0.2, 0) is 21.9 Å². The van der Waals surface area contributed by atoms with Crippen molar-refractivity contribution in [3.05, 3.63) is 47.2 Å². The Balaban J connectivity index is 1.41. The van der Waals surface area contributed by atoms with E-state index in [4.69, 9.17) is 11.6 Å². The minimum atomic E-state index is -3.59. The molecule has 8 nitrogen and oxygen atoms in total. The highest BCUT2D eigenvalue weighted by molar-refractivity contribution is 7.89. The van der Waals surface area contributed by atoms with E-state index in [-0.39, 0.29) is 16.7 Å². The largest absolute Gasteiger partial charge is 0.324 e. The van der Waals surface area contributed by atoms with Gasteiger partial charge in [0.15, 0.2) is 5.65 Å². The normalized spacial score (nSPS) is 16.1. The number of nitrogens with one attached hydrogen (secondary N) is 1. The van der Waals surface area contributed by atoms with E-state index in [1.807, 2.05) is 20.0 Å². The Labute approximate surface area is 179 Å². The molecule has 3 aromatic rings. The van der Waals surface area contributed by atoms with Gasteiger partial charge in [-0.15, -0.1) is 0 Å². The summed E-state index contributed by atoms with van der Waals surface area (Å²) < 4.78 is 28.7. The zero-order chi connectivity index (χ0) is 21.5. The van der Waals surface area contributed by atoms with Gasteiger partial charge in [0.1, 0.15) is 0 Å². The molecule has 1 aliphatic rings. The van der Waals surface area contributed by atoms with Gasteiger partial charge in [0, 0.05) is 36.5 Å². The van der Waals surface area contributed by atoms with E-state index in [0.29, 0.717) is 36.6 Å². The van der Waals surface area contributed by atoms with Gasteiger partial charge in [-0.25, -0.2) is 13.4 Å². The number of amides is 1. The van der Waals surface area contributed by atoms with Gasteiger partial charge in [0.2, 0.25) is 15.9 Å². The first-order chi connectivity index (χ1) is 14.3. The highest BCUT2D eigenvalue weighted by Gasteiger charge is 2.32. The second-order valence-corrected chi connectivity index (χ2v) is 9.80. The summed E-state index contributed by atoms with van der Waals surface area (Å²) in [4.78, 5) is 17.3. The van der Waals surface area contributed by atoms with Crippen molar-refractivity contribution in [2.24, 2.45) is 13.0 Å². The number of hydrogen-bond donors (Lipinski definition) is 1. The average Bonchev–Trinajstić information content (AvgIpc) is 3.01. The number of rotatable bonds is 4. The number of hydrogen-bond acceptors (Lipinski definition) is 5. The van der Waals surface area contributed by atoms with Gasteiger partial charge in [-0.05, 0) is 50.1 Å². The Hall–Kier alpha value is -2.49. The molecule has 1 N–H and O–H groups in total. The molecule has 0 spiro atoms. The first kappa shape index (κ1) is 20.8. The van der Waals surface area contributed by atoms with Crippen LogP contribution in [0.3, 0.4) is 0 Å². The van der Waals surface area contributed by atoms with Gasteiger partial charge in [0.05, 0.1) is 22.5 Å². The molecule has 3 heterocycles. The molecule has 0 aliphatic carbocycles. The molecule has 1 aliphatic heterocycles. The van der Waals surface area contributed by atoms with Crippen LogP contribution in [-0.4, -0.2) is 46.5 Å². The third-order valence-corrected chi connectivity index (χ3v) is 7.57. The number of anilines is 1. The van der Waals surface area contributed by atoms with Gasteiger partial charge in [-0.1, -0.05) is 11.6 Å². The Morgan fingerprint density at radius 3 is 2.53 bits per heavy atom. The van der Waals surface area contributed by atoms with Crippen molar-refractivity contribution < 1.29 is 13.2 Å². The SMILES string of the molecule is Cc1nn(C)c2ncc(NC(=O)C3CCN(S(=O)(=O)c4ccc(Cl)cc4)CC3)cc12. The van der Waals surface area contributed by atoms with Crippen LogP contribution in [0.25, 0.3) is 11.0 Å². The molecule has 0 radical (unpaired) electrons. The molecule has 1 aromatic carbocycles. The maximum absolute atomic E-state index is 12.8. The number of carbonyl (C=O) groups is 1. The third-order valence-electron chi connectivity index (χ3n) is 5.41. The van der Waals surface area contributed by atoms with Gasteiger partial charge < -0.3 is 5.32 Å². The zero-order valence-corrected chi connectivity index (χ0v) is 18.2. The smallest absolute Gasteiger partial charge is 0.243 e. The van der Waals surface area contributed by atoms with E-state index in [2.05, 4.69) is 15.4 Å². The second kappa shape index (κ2) is 7.98. The summed E-state index contributed by atoms with van der Waals surface area (Å²) >= 11 is 5.85. The summed E-state index contributed by atoms with van der Waals surface area (Å²) in [6.45, 7) is 2.48. The number of sulfonamides is 1. The van der Waals surface area contributed by atoms with Gasteiger partial charge in [-0.3, -0.25) is 9.48 Å². The van der Waals surface area contributed by atoms with Gasteiger partial charge in [-0.2, -0.15) is 9.40 Å². The van der Waals surface area contributed by atoms with E-state index < -0.39 is 10.0 Å². The lowest BCUT2D eigenvalue weighted by Crippen LogP contribution is -2.41. The topological polar surface area (TPSA) is 97.2 Å². The standard InChI is InChI=1S/C20H22ClN5O3S/c1-13-18-11-16(12-22-19(18)25(2)24-13)23-20(27)14-7-9-26(10-8-14)30(28,29)17-5-3-15(21)4-6-17/h3-6,11-12,14H,7-10H2,1-2H3,(H,23,27). The van der Waals surface area contributed by atoms with E-state index >= 15 is 0 Å². The Morgan fingerprint density at radius 2 is 1.87 bits per heavy atom. The summed E-state index contributed by atoms with van der Waals surface area (Å²) in [5.74, 6) is -0.381. The van der Waals surface area contributed by atoms with Crippen molar-refractivity contribution in [3.63, 3.8) is 0 Å². The molecule has 0 bridgehead atoms. The first-order valence-corrected chi connectivity index (χ1v) is 11.4. The Bertz CT molecular complexity index is 1200. The highest BCUT2D eigenvalue weighted by atomic mass is 35.5. The summed E-state index contributed by atoms with van der Waals surface area (Å²) in [5.41, 5.74) is 2.21. The molecule has 0 unspecified atom stereocenters. The van der Waals surface area contributed by atoms with Crippen LogP contribution in [0.15, 0.2) is 41.4 Å². The fourth-order valence-corrected chi connectivity index (χ4v) is 5.33. The number of halogens is 1. The number of benzene rings is 1. The minimum Gasteiger partial charge on any atom is -0.324 e. The quantitative estimate of drug-likeness (QED) is 0.663. The average molecular weight is 448 g/mol. The molecule has 1 fully saturated rings. The molecule has 2 aromatic heterocycles. The monoisotopic (exact) mass is 447 g/mol. The summed E-state index contributed by atoms with van der Waals surface area (Å²) in [6, 6.07) is 7.98. The number of aryl methyl sites for hydroxylation is 2. The Morgan fingerprint density at radius 1 is 1.20 bits per heavy atom. The molecule has 1 amide bonds. The molecule has 1 saturated heterocycles. The third kappa shape index (κ3) is 3.92. The lowest BCUT2D eigenvalue weighted by Gasteiger charge is -2.30. The molecular weight excluding hydrogens is 426 g/mol. The van der Waals surface area contributed by atoms with Crippen LogP contribution in [0.2, 0.25) is 5.02 Å². The van der Waals surface area contributed by atoms with Crippen LogP contribution < -0.4 is 5.32 Å². The predicted octanol–water partition coefficient (Wildman–Crippen LogP) is 2.97. The summed E-state index contributed by atoms with van der Waals surface area (Å²) in [6.07, 6.45) is 2.53. The van der Waals surface area contributed by atoms with Crippen LogP contribution in [0.1, 0.15) is 18.5 Å². The number of piperidine rings is 1. The van der Waals surface area contributed by atoms with E-state index in [9.17, 15) is 13.2 Å². The number of nitrogens with zero attached hydrogens (tertiary/aromatic N) is 4. The number of carbonyl (C=O) groups excluding carboxylic acids is 1. The molecule has 10 heteroatoms. The second-order valence-electron chi connectivity index (χ2n) is 7.43. The highest BCUT2D eigenvalue weighted by Crippen LogP contribution is 2.26. The van der Waals surface area contributed by atoms with Crippen LogP contribution >= 0.6 is 11.6 Å². The molecule has 0 saturated carbocycles. The van der Waals surface area contributed by atoms with Crippen LogP contribution in [0.4, 0.5) is 5.69 Å². The fraction of sp³-hybridized carbons (Fsp3) is 0.350. The molecule has 158 valence electrons. The van der Waals surface area contributed by atoms with Gasteiger partial charge >= 0.3 is 0 Å². The maximum atomic E-state index is 12.8. The van der Waals surface area contributed by atoms with Crippen LogP contribution in [0.5, 0.6) is 0 Å². The minimum absolute atomic E-state index is 0.124. The molecule has 4 rings (SSSR count). The molecule has 0 atom stereocenters. The number of aromatic nitrogens is 3. The number of fused-ring (bicyclic) bond motifs is 1. The zero-order valence-electron chi connectivity index (χ0n) is 16.7. The fourth-order valence-electron chi connectivity index (χ4n) is 3.73. The first-order valence-electron chi connectivity index (χ1n) is 9.61. The van der Waals surface area contributed by atoms with E-state index in [1.54, 1.807) is 23.0 Å². The van der Waals surface area contributed by atoms with Crippen molar-refractivity contribution in [1.82, 2.24) is 19.1 Å².